The second-order valence-electron chi connectivity index (χ2n) is 5.74. The van der Waals surface area contributed by atoms with Gasteiger partial charge in [-0.3, -0.25) is 4.79 Å². The Morgan fingerprint density at radius 3 is 2.58 bits per heavy atom. The van der Waals surface area contributed by atoms with Gasteiger partial charge in [-0.2, -0.15) is 0 Å². The van der Waals surface area contributed by atoms with Crippen LogP contribution < -0.4 is 10.6 Å². The molecule has 0 aromatic heterocycles. The van der Waals surface area contributed by atoms with E-state index in [4.69, 9.17) is 0 Å². The number of rotatable bonds is 3. The Hall–Kier alpha value is -0.620. The van der Waals surface area contributed by atoms with Crippen molar-refractivity contribution in [1.29, 1.82) is 0 Å². The summed E-state index contributed by atoms with van der Waals surface area (Å²) in [7, 11) is -2.86. The van der Waals surface area contributed by atoms with Gasteiger partial charge < -0.3 is 10.6 Å². The van der Waals surface area contributed by atoms with Crippen molar-refractivity contribution in [3.05, 3.63) is 0 Å². The van der Waals surface area contributed by atoms with Gasteiger partial charge in [0.05, 0.1) is 17.5 Å². The molecule has 2 unspecified atom stereocenters. The van der Waals surface area contributed by atoms with Crippen LogP contribution in [0.5, 0.6) is 0 Å². The molecule has 19 heavy (non-hydrogen) atoms. The fourth-order valence-corrected chi connectivity index (χ4v) is 4.39. The minimum Gasteiger partial charge on any atom is -0.352 e. The Kier molecular flexibility index (Phi) is 4.84. The highest BCUT2D eigenvalue weighted by Crippen LogP contribution is 2.20. The summed E-state index contributed by atoms with van der Waals surface area (Å²) in [5.74, 6) is 1.08. The van der Waals surface area contributed by atoms with Crippen molar-refractivity contribution in [3.8, 4) is 0 Å². The number of hydrogen-bond donors (Lipinski definition) is 2. The molecule has 2 rings (SSSR count). The molecule has 5 nitrogen and oxygen atoms in total. The summed E-state index contributed by atoms with van der Waals surface area (Å²) in [4.78, 5) is 12.2. The number of carbonyl (C=O) groups is 1. The topological polar surface area (TPSA) is 75.3 Å². The number of piperidine rings is 1. The van der Waals surface area contributed by atoms with Crippen molar-refractivity contribution < 1.29 is 13.2 Å². The highest BCUT2D eigenvalue weighted by atomic mass is 32.2. The van der Waals surface area contributed by atoms with Crippen molar-refractivity contribution in [1.82, 2.24) is 10.6 Å². The summed E-state index contributed by atoms with van der Waals surface area (Å²) in [5.41, 5.74) is 0. The summed E-state index contributed by atoms with van der Waals surface area (Å²) in [6.45, 7) is 3.06. The molecule has 0 aromatic rings. The lowest BCUT2D eigenvalue weighted by Gasteiger charge is -2.31. The smallest absolute Gasteiger partial charge is 0.237 e. The molecule has 2 N–H and O–H groups in total. The molecule has 0 radical (unpaired) electrons. The first-order valence-corrected chi connectivity index (χ1v) is 9.06. The van der Waals surface area contributed by atoms with Gasteiger partial charge in [-0.25, -0.2) is 8.42 Å². The highest BCUT2D eigenvalue weighted by molar-refractivity contribution is 7.91. The lowest BCUT2D eigenvalue weighted by atomic mass is 9.90. The Morgan fingerprint density at radius 2 is 1.95 bits per heavy atom. The Bertz CT molecular complexity index is 408. The van der Waals surface area contributed by atoms with E-state index in [1.165, 1.54) is 0 Å². The molecule has 2 aliphatic rings. The SMILES string of the molecule is CCC1CCNC(C(=O)NC2CCS(=O)(=O)CC2)C1. The van der Waals surface area contributed by atoms with Gasteiger partial charge in [0.2, 0.25) is 5.91 Å². The van der Waals surface area contributed by atoms with Crippen LogP contribution in [0.4, 0.5) is 0 Å². The summed E-state index contributed by atoms with van der Waals surface area (Å²) in [6.07, 6.45) is 4.26. The minimum atomic E-state index is -2.86. The van der Waals surface area contributed by atoms with Crippen molar-refractivity contribution >= 4 is 15.7 Å². The van der Waals surface area contributed by atoms with Crippen molar-refractivity contribution in [2.75, 3.05) is 18.1 Å². The fraction of sp³-hybridized carbons (Fsp3) is 0.923. The summed E-state index contributed by atoms with van der Waals surface area (Å²) in [6, 6.07) is -0.0722. The quantitative estimate of drug-likeness (QED) is 0.791. The molecule has 0 saturated carbocycles. The van der Waals surface area contributed by atoms with Gasteiger partial charge in [0, 0.05) is 6.04 Å². The van der Waals surface area contributed by atoms with Crippen LogP contribution in [0, 0.1) is 5.92 Å². The second-order valence-corrected chi connectivity index (χ2v) is 8.04. The second kappa shape index (κ2) is 6.22. The van der Waals surface area contributed by atoms with E-state index < -0.39 is 9.84 Å². The number of sulfone groups is 1. The van der Waals surface area contributed by atoms with Gasteiger partial charge in [0.15, 0.2) is 0 Å². The molecule has 2 fully saturated rings. The molecule has 0 aliphatic carbocycles. The van der Waals surface area contributed by atoms with Crippen LogP contribution in [0.3, 0.4) is 0 Å². The Labute approximate surface area is 115 Å². The number of nitrogens with one attached hydrogen (secondary N) is 2. The van der Waals surface area contributed by atoms with E-state index >= 15 is 0 Å². The lowest BCUT2D eigenvalue weighted by Crippen LogP contribution is -2.52. The molecule has 2 saturated heterocycles. The van der Waals surface area contributed by atoms with Crippen molar-refractivity contribution in [2.45, 2.75) is 51.1 Å². The maximum absolute atomic E-state index is 12.2. The van der Waals surface area contributed by atoms with E-state index in [-0.39, 0.29) is 29.5 Å². The van der Waals surface area contributed by atoms with E-state index in [0.29, 0.717) is 18.8 Å². The molecule has 2 heterocycles. The molecular formula is C13H24N2O3S. The highest BCUT2D eigenvalue weighted by Gasteiger charge is 2.29. The van der Waals surface area contributed by atoms with Crippen LogP contribution >= 0.6 is 0 Å². The largest absolute Gasteiger partial charge is 0.352 e. The van der Waals surface area contributed by atoms with Crippen LogP contribution in [-0.2, 0) is 14.6 Å². The summed E-state index contributed by atoms with van der Waals surface area (Å²) < 4.78 is 22.7. The zero-order chi connectivity index (χ0) is 13.9. The van der Waals surface area contributed by atoms with E-state index in [0.717, 1.165) is 25.8 Å². The predicted octanol–water partition coefficient (Wildman–Crippen LogP) is 0.458. The van der Waals surface area contributed by atoms with Crippen LogP contribution in [0.15, 0.2) is 0 Å². The van der Waals surface area contributed by atoms with Gasteiger partial charge >= 0.3 is 0 Å². The Morgan fingerprint density at radius 1 is 1.26 bits per heavy atom. The number of amides is 1. The van der Waals surface area contributed by atoms with Crippen LogP contribution in [0.1, 0.15) is 39.0 Å². The molecule has 1 amide bonds. The third-order valence-electron chi connectivity index (χ3n) is 4.31. The third-order valence-corrected chi connectivity index (χ3v) is 6.02. The van der Waals surface area contributed by atoms with Gasteiger partial charge in [0.25, 0.3) is 0 Å². The molecule has 110 valence electrons. The van der Waals surface area contributed by atoms with Crippen LogP contribution in [0.25, 0.3) is 0 Å². The minimum absolute atomic E-state index is 0.0276. The van der Waals surface area contributed by atoms with Crippen molar-refractivity contribution in [2.24, 2.45) is 5.92 Å². The molecule has 0 aromatic carbocycles. The summed E-state index contributed by atoms with van der Waals surface area (Å²) >= 11 is 0. The Balaban J connectivity index is 1.81. The molecule has 2 aliphatic heterocycles. The molecule has 6 heteroatoms. The normalized spacial score (nSPS) is 31.8. The molecule has 0 spiro atoms. The van der Waals surface area contributed by atoms with Crippen LogP contribution in [-0.4, -0.2) is 44.5 Å². The molecule has 2 atom stereocenters. The fourth-order valence-electron chi connectivity index (χ4n) is 2.90. The van der Waals surface area contributed by atoms with Gasteiger partial charge in [-0.05, 0) is 38.1 Å². The maximum atomic E-state index is 12.2. The van der Waals surface area contributed by atoms with E-state index in [2.05, 4.69) is 17.6 Å². The van der Waals surface area contributed by atoms with Gasteiger partial charge in [0.1, 0.15) is 9.84 Å². The standard InChI is InChI=1S/C13H24N2O3S/c1-2-10-3-6-14-12(9-10)13(16)15-11-4-7-19(17,18)8-5-11/h10-12,14H,2-9H2,1H3,(H,15,16). The average molecular weight is 288 g/mol. The van der Waals surface area contributed by atoms with Gasteiger partial charge in [-0.15, -0.1) is 0 Å². The summed E-state index contributed by atoms with van der Waals surface area (Å²) in [5, 5.41) is 6.26. The molecular weight excluding hydrogens is 264 g/mol. The third kappa shape index (κ3) is 4.18. The average Bonchev–Trinajstić information content (AvgIpc) is 2.41. The predicted molar refractivity (Wildman–Crippen MR) is 74.6 cm³/mol. The van der Waals surface area contributed by atoms with E-state index in [1.54, 1.807) is 0 Å². The zero-order valence-corrected chi connectivity index (χ0v) is 12.3. The van der Waals surface area contributed by atoms with E-state index in [9.17, 15) is 13.2 Å². The van der Waals surface area contributed by atoms with Gasteiger partial charge in [-0.1, -0.05) is 13.3 Å². The number of carbonyl (C=O) groups excluding carboxylic acids is 1. The van der Waals surface area contributed by atoms with E-state index in [1.807, 2.05) is 0 Å². The lowest BCUT2D eigenvalue weighted by molar-refractivity contribution is -0.124. The first kappa shape index (κ1) is 14.8. The monoisotopic (exact) mass is 288 g/mol. The maximum Gasteiger partial charge on any atom is 0.237 e. The van der Waals surface area contributed by atoms with Crippen molar-refractivity contribution in [3.63, 3.8) is 0 Å². The first-order valence-electron chi connectivity index (χ1n) is 7.24. The zero-order valence-electron chi connectivity index (χ0n) is 11.5. The van der Waals surface area contributed by atoms with Crippen LogP contribution in [0.2, 0.25) is 0 Å². The number of hydrogen-bond acceptors (Lipinski definition) is 4. The molecule has 0 bridgehead atoms. The first-order chi connectivity index (χ1) is 9.00.